The monoisotopic (exact) mass is 418 g/mol. The van der Waals surface area contributed by atoms with Gasteiger partial charge in [0.15, 0.2) is 5.25 Å². The normalized spacial score (nSPS) is 20.7. The van der Waals surface area contributed by atoms with E-state index in [1.807, 2.05) is 24.3 Å². The maximum Gasteiger partial charge on any atom is 0.283 e. The van der Waals surface area contributed by atoms with Gasteiger partial charge in [-0.3, -0.25) is 9.79 Å². The third kappa shape index (κ3) is 3.84. The Labute approximate surface area is 171 Å². The molecule has 0 saturated carbocycles. The van der Waals surface area contributed by atoms with Gasteiger partial charge in [-0.1, -0.05) is 60.1 Å². The number of nitrogens with zero attached hydrogens (tertiary/aromatic N) is 2. The third-order valence-electron chi connectivity index (χ3n) is 4.54. The molecule has 0 spiro atoms. The molecule has 1 aliphatic rings. The van der Waals surface area contributed by atoms with Crippen molar-refractivity contribution in [2.24, 2.45) is 4.99 Å². The van der Waals surface area contributed by atoms with Crippen molar-refractivity contribution in [2.75, 3.05) is 6.54 Å². The van der Waals surface area contributed by atoms with Gasteiger partial charge in [-0.25, -0.2) is 12.7 Å². The Morgan fingerprint density at radius 2 is 1.64 bits per heavy atom. The number of benzene rings is 2. The number of rotatable bonds is 4. The zero-order chi connectivity index (χ0) is 20.5. The second-order valence-electron chi connectivity index (χ2n) is 7.68. The molecule has 1 unspecified atom stereocenters. The first-order valence-corrected chi connectivity index (χ1v) is 10.9. The summed E-state index contributed by atoms with van der Waals surface area (Å²) in [4.78, 5) is 17.5. The molecule has 2 aromatic rings. The van der Waals surface area contributed by atoms with E-state index in [2.05, 4.69) is 4.99 Å². The Bertz CT molecular complexity index is 1010. The Morgan fingerprint density at radius 3 is 2.25 bits per heavy atom. The summed E-state index contributed by atoms with van der Waals surface area (Å²) in [7, 11) is -3.91. The molecular formula is C21H23ClN2O3S. The fourth-order valence-electron chi connectivity index (χ4n) is 3.37. The van der Waals surface area contributed by atoms with Crippen LogP contribution in [0.5, 0.6) is 0 Å². The van der Waals surface area contributed by atoms with Gasteiger partial charge in [0.25, 0.3) is 15.9 Å². The Kier molecular flexibility index (Phi) is 5.64. The topological polar surface area (TPSA) is 66.8 Å². The van der Waals surface area contributed by atoms with Crippen LogP contribution in [0.15, 0.2) is 59.6 Å². The van der Waals surface area contributed by atoms with Crippen LogP contribution >= 0.6 is 11.6 Å². The lowest BCUT2D eigenvalue weighted by Gasteiger charge is -2.30. The highest BCUT2D eigenvalue weighted by Crippen LogP contribution is 2.38. The molecule has 2 aromatic carbocycles. The van der Waals surface area contributed by atoms with Crippen LogP contribution in [0.4, 0.5) is 0 Å². The number of hydrogen-bond acceptors (Lipinski definition) is 4. The molecule has 3 rings (SSSR count). The predicted molar refractivity (Wildman–Crippen MR) is 112 cm³/mol. The Morgan fingerprint density at radius 1 is 1.04 bits per heavy atom. The molecule has 0 aromatic heterocycles. The lowest BCUT2D eigenvalue weighted by Crippen LogP contribution is -2.45. The maximum absolute atomic E-state index is 13.3. The molecule has 0 radical (unpaired) electrons. The first kappa shape index (κ1) is 20.6. The van der Waals surface area contributed by atoms with Gasteiger partial charge in [0.05, 0.1) is 5.54 Å². The average molecular weight is 419 g/mol. The van der Waals surface area contributed by atoms with Gasteiger partial charge in [-0.15, -0.1) is 0 Å². The smallest absolute Gasteiger partial charge is 0.282 e. The van der Waals surface area contributed by atoms with Crippen LogP contribution in [0.2, 0.25) is 5.02 Å². The molecule has 5 nitrogen and oxygen atoms in total. The van der Waals surface area contributed by atoms with Crippen molar-refractivity contribution in [1.29, 1.82) is 0 Å². The summed E-state index contributed by atoms with van der Waals surface area (Å²) < 4.78 is 27.5. The lowest BCUT2D eigenvalue weighted by molar-refractivity contribution is -0.122. The lowest BCUT2D eigenvalue weighted by atomic mass is 10.0. The molecule has 1 atom stereocenters. The predicted octanol–water partition coefficient (Wildman–Crippen LogP) is 4.04. The van der Waals surface area contributed by atoms with E-state index < -0.39 is 26.7 Å². The van der Waals surface area contributed by atoms with Crippen molar-refractivity contribution in [3.63, 3.8) is 0 Å². The van der Waals surface area contributed by atoms with Gasteiger partial charge in [0.2, 0.25) is 0 Å². The van der Waals surface area contributed by atoms with Crippen LogP contribution < -0.4 is 0 Å². The number of carbonyl (C=O) groups is 1. The van der Waals surface area contributed by atoms with Gasteiger partial charge in [-0.05, 0) is 44.4 Å². The second-order valence-corrected chi connectivity index (χ2v) is 9.96. The number of carbonyl (C=O) groups excluding carboxylic acids is 1. The van der Waals surface area contributed by atoms with Crippen LogP contribution in [0.25, 0.3) is 0 Å². The summed E-state index contributed by atoms with van der Waals surface area (Å²) in [5.74, 6) is -0.555. The van der Waals surface area contributed by atoms with E-state index in [0.29, 0.717) is 17.0 Å². The zero-order valence-corrected chi connectivity index (χ0v) is 17.7. The molecule has 148 valence electrons. The fourth-order valence-corrected chi connectivity index (χ4v) is 5.86. The van der Waals surface area contributed by atoms with Crippen LogP contribution in [-0.4, -0.2) is 36.4 Å². The van der Waals surface area contributed by atoms with E-state index in [9.17, 15) is 13.2 Å². The Balaban J connectivity index is 2.01. The van der Waals surface area contributed by atoms with Gasteiger partial charge < -0.3 is 0 Å². The average Bonchev–Trinajstić information content (AvgIpc) is 2.82. The Hall–Kier alpha value is -2.18. The van der Waals surface area contributed by atoms with Crippen molar-refractivity contribution in [3.05, 3.63) is 70.7 Å². The van der Waals surface area contributed by atoms with Gasteiger partial charge in [-0.2, -0.15) is 0 Å². The van der Waals surface area contributed by atoms with Crippen molar-refractivity contribution < 1.29 is 13.2 Å². The second kappa shape index (κ2) is 7.68. The molecular weight excluding hydrogens is 396 g/mol. The fraction of sp³-hybridized carbons (Fsp3) is 0.333. The van der Waals surface area contributed by atoms with Crippen LogP contribution in [0, 0.1) is 0 Å². The van der Waals surface area contributed by atoms with E-state index in [1.54, 1.807) is 51.1 Å². The number of amides is 1. The summed E-state index contributed by atoms with van der Waals surface area (Å²) in [6.45, 7) is 5.40. The summed E-state index contributed by atoms with van der Waals surface area (Å²) in [6, 6.07) is 16.2. The van der Waals surface area contributed by atoms with Crippen molar-refractivity contribution >= 4 is 33.2 Å². The number of sulfonamides is 1. The summed E-state index contributed by atoms with van der Waals surface area (Å²) in [5.41, 5.74) is 0.640. The van der Waals surface area contributed by atoms with Crippen molar-refractivity contribution in [1.82, 2.24) is 4.31 Å². The third-order valence-corrected chi connectivity index (χ3v) is 7.22. The highest BCUT2D eigenvalue weighted by molar-refractivity contribution is 7.91. The molecule has 7 heteroatoms. The van der Waals surface area contributed by atoms with E-state index in [0.717, 1.165) is 9.87 Å². The molecule has 0 aliphatic carbocycles. The molecule has 1 aliphatic heterocycles. The summed E-state index contributed by atoms with van der Waals surface area (Å²) >= 11 is 6.18. The van der Waals surface area contributed by atoms with E-state index >= 15 is 0 Å². The molecule has 0 bridgehead atoms. The summed E-state index contributed by atoms with van der Waals surface area (Å²) in [5, 5.41) is -0.462. The maximum atomic E-state index is 13.3. The van der Waals surface area contributed by atoms with Gasteiger partial charge in [0.1, 0.15) is 5.71 Å². The van der Waals surface area contributed by atoms with E-state index in [4.69, 9.17) is 11.6 Å². The largest absolute Gasteiger partial charge is 0.283 e. The van der Waals surface area contributed by atoms with Crippen LogP contribution in [-0.2, 0) is 21.2 Å². The molecule has 28 heavy (non-hydrogen) atoms. The highest BCUT2D eigenvalue weighted by Gasteiger charge is 2.54. The SMILES string of the molecule is CC(C)(C)N1C(=O)C(=NCCc2ccccc2Cl)C(c2ccccc2)S1(=O)=O. The first-order chi connectivity index (χ1) is 13.1. The summed E-state index contributed by atoms with van der Waals surface area (Å²) in [6.07, 6.45) is 0.521. The zero-order valence-electron chi connectivity index (χ0n) is 16.1. The minimum atomic E-state index is -3.91. The quantitative estimate of drug-likeness (QED) is 0.752. The van der Waals surface area contributed by atoms with Crippen molar-refractivity contribution in [2.45, 2.75) is 38.0 Å². The molecule has 1 saturated heterocycles. The van der Waals surface area contributed by atoms with Crippen LogP contribution in [0.3, 0.4) is 0 Å². The minimum Gasteiger partial charge on any atom is -0.282 e. The number of halogens is 1. The minimum absolute atomic E-state index is 0.0631. The molecule has 1 amide bonds. The highest BCUT2D eigenvalue weighted by atomic mass is 35.5. The van der Waals surface area contributed by atoms with Gasteiger partial charge in [0, 0.05) is 11.6 Å². The first-order valence-electron chi connectivity index (χ1n) is 9.05. The van der Waals surface area contributed by atoms with E-state index in [1.165, 1.54) is 0 Å². The van der Waals surface area contributed by atoms with Crippen molar-refractivity contribution in [3.8, 4) is 0 Å². The van der Waals surface area contributed by atoms with E-state index in [-0.39, 0.29) is 12.3 Å². The molecule has 1 heterocycles. The molecule has 1 fully saturated rings. The van der Waals surface area contributed by atoms with Gasteiger partial charge >= 0.3 is 0 Å². The molecule has 0 N–H and O–H groups in total. The van der Waals surface area contributed by atoms with Crippen LogP contribution in [0.1, 0.15) is 37.1 Å². The number of aliphatic imine (C=N–C) groups is 1. The number of hydrogen-bond donors (Lipinski definition) is 0. The standard InChI is InChI=1S/C21H23ClN2O3S/c1-21(2,3)24-20(25)18(23-14-13-15-9-7-8-12-17(15)22)19(28(24,26)27)16-10-5-4-6-11-16/h4-12,19H,13-14H2,1-3H3.